The number of rotatable bonds is 5. The Bertz CT molecular complexity index is 1310. The van der Waals surface area contributed by atoms with Gasteiger partial charge in [-0.3, -0.25) is 4.90 Å². The molecule has 168 valence electrons. The molecule has 33 heavy (non-hydrogen) atoms. The highest BCUT2D eigenvalue weighted by Crippen LogP contribution is 2.44. The second-order valence-corrected chi connectivity index (χ2v) is 9.23. The van der Waals surface area contributed by atoms with Crippen molar-refractivity contribution in [1.82, 2.24) is 9.88 Å². The summed E-state index contributed by atoms with van der Waals surface area (Å²) in [7, 11) is 1.74. The van der Waals surface area contributed by atoms with Gasteiger partial charge in [-0.1, -0.05) is 43.3 Å². The van der Waals surface area contributed by atoms with Crippen LogP contribution < -0.4 is 9.47 Å². The van der Waals surface area contributed by atoms with Crippen LogP contribution in [0, 0.1) is 0 Å². The summed E-state index contributed by atoms with van der Waals surface area (Å²) in [5.41, 5.74) is 9.46. The molecule has 2 aliphatic heterocycles. The minimum Gasteiger partial charge on any atom is -0.493 e. The number of benzene rings is 3. The van der Waals surface area contributed by atoms with Crippen molar-refractivity contribution in [2.45, 2.75) is 45.4 Å². The van der Waals surface area contributed by atoms with Gasteiger partial charge >= 0.3 is 0 Å². The van der Waals surface area contributed by atoms with Crippen molar-refractivity contribution in [3.8, 4) is 11.5 Å². The minimum absolute atomic E-state index is 0.377. The molecule has 0 radical (unpaired) electrons. The predicted octanol–water partition coefficient (Wildman–Crippen LogP) is 5.97. The average Bonchev–Trinajstić information content (AvgIpc) is 3.22. The summed E-state index contributed by atoms with van der Waals surface area (Å²) in [6.07, 6.45) is 3.13. The molecular formula is C29H30N2O2. The monoisotopic (exact) mass is 438 g/mol. The highest BCUT2D eigenvalue weighted by atomic mass is 16.5. The van der Waals surface area contributed by atoms with Crippen molar-refractivity contribution in [1.29, 1.82) is 0 Å². The van der Waals surface area contributed by atoms with Gasteiger partial charge in [-0.15, -0.1) is 0 Å². The molecule has 0 saturated heterocycles. The molecule has 4 nitrogen and oxygen atoms in total. The number of nitrogens with zero attached hydrogens (tertiary/aromatic N) is 1. The minimum atomic E-state index is 0.377. The van der Waals surface area contributed by atoms with Gasteiger partial charge in [-0.25, -0.2) is 0 Å². The Kier molecular flexibility index (Phi) is 5.11. The van der Waals surface area contributed by atoms with Crippen LogP contribution in [-0.4, -0.2) is 23.5 Å². The average molecular weight is 439 g/mol. The Morgan fingerprint density at radius 3 is 2.70 bits per heavy atom. The lowest BCUT2D eigenvalue weighted by molar-refractivity contribution is 0.158. The number of aryl methyl sites for hydroxylation is 1. The summed E-state index contributed by atoms with van der Waals surface area (Å²) >= 11 is 0. The van der Waals surface area contributed by atoms with Gasteiger partial charge in [-0.2, -0.15) is 0 Å². The summed E-state index contributed by atoms with van der Waals surface area (Å²) in [5.74, 6) is 1.66. The van der Waals surface area contributed by atoms with Crippen LogP contribution in [0.15, 0.2) is 60.7 Å². The molecule has 2 aliphatic rings. The SMILES string of the molecule is CCc1ccc2[nH]c3c(c2c1)CC1c2cc(OC)c(OCc4ccccc4)cc2CCN1C3. The van der Waals surface area contributed by atoms with E-state index >= 15 is 0 Å². The van der Waals surface area contributed by atoms with Crippen molar-refractivity contribution in [3.05, 3.63) is 94.2 Å². The second kappa shape index (κ2) is 8.27. The molecule has 0 bridgehead atoms. The highest BCUT2D eigenvalue weighted by Gasteiger charge is 2.34. The summed E-state index contributed by atoms with van der Waals surface area (Å²) < 4.78 is 12.0. The maximum Gasteiger partial charge on any atom is 0.161 e. The van der Waals surface area contributed by atoms with Crippen LogP contribution in [0.4, 0.5) is 0 Å². The number of aromatic nitrogens is 1. The zero-order valence-corrected chi connectivity index (χ0v) is 19.4. The molecule has 1 atom stereocenters. The van der Waals surface area contributed by atoms with E-state index in [0.29, 0.717) is 12.6 Å². The zero-order chi connectivity index (χ0) is 22.4. The maximum absolute atomic E-state index is 6.20. The normalized spacial score (nSPS) is 17.3. The third-order valence-corrected chi connectivity index (χ3v) is 7.36. The lowest BCUT2D eigenvalue weighted by Gasteiger charge is -2.40. The quantitative estimate of drug-likeness (QED) is 0.417. The maximum atomic E-state index is 6.20. The van der Waals surface area contributed by atoms with Gasteiger partial charge in [0.25, 0.3) is 0 Å². The molecule has 0 fully saturated rings. The van der Waals surface area contributed by atoms with Gasteiger partial charge in [0.1, 0.15) is 6.61 Å². The van der Waals surface area contributed by atoms with Gasteiger partial charge in [0.05, 0.1) is 7.11 Å². The largest absolute Gasteiger partial charge is 0.493 e. The van der Waals surface area contributed by atoms with E-state index in [4.69, 9.17) is 9.47 Å². The lowest BCUT2D eigenvalue weighted by atomic mass is 9.85. The smallest absolute Gasteiger partial charge is 0.161 e. The third kappa shape index (κ3) is 3.59. The van der Waals surface area contributed by atoms with Crippen LogP contribution in [0.5, 0.6) is 11.5 Å². The summed E-state index contributed by atoms with van der Waals surface area (Å²) in [6.45, 7) is 4.81. The molecule has 4 aromatic rings. The van der Waals surface area contributed by atoms with Crippen LogP contribution in [0.1, 0.15) is 46.5 Å². The van der Waals surface area contributed by atoms with Crippen LogP contribution >= 0.6 is 0 Å². The first-order valence-corrected chi connectivity index (χ1v) is 12.0. The third-order valence-electron chi connectivity index (χ3n) is 7.36. The fourth-order valence-electron chi connectivity index (χ4n) is 5.53. The summed E-state index contributed by atoms with van der Waals surface area (Å²) in [4.78, 5) is 6.32. The van der Waals surface area contributed by atoms with Crippen LogP contribution in [0.3, 0.4) is 0 Å². The van der Waals surface area contributed by atoms with Crippen molar-refractivity contribution < 1.29 is 9.47 Å². The lowest BCUT2D eigenvalue weighted by Crippen LogP contribution is -2.39. The molecule has 6 rings (SSSR count). The molecule has 3 aromatic carbocycles. The summed E-state index contributed by atoms with van der Waals surface area (Å²) in [5, 5.41) is 1.39. The fourth-order valence-corrected chi connectivity index (χ4v) is 5.53. The van der Waals surface area contributed by atoms with Crippen LogP contribution in [0.2, 0.25) is 0 Å². The van der Waals surface area contributed by atoms with E-state index < -0.39 is 0 Å². The molecule has 1 unspecified atom stereocenters. The van der Waals surface area contributed by atoms with Crippen LogP contribution in [-0.2, 0) is 32.4 Å². The first-order chi connectivity index (χ1) is 16.2. The number of H-pyrrole nitrogens is 1. The second-order valence-electron chi connectivity index (χ2n) is 9.23. The van der Waals surface area contributed by atoms with E-state index in [9.17, 15) is 0 Å². The van der Waals surface area contributed by atoms with Gasteiger partial charge < -0.3 is 14.5 Å². The van der Waals surface area contributed by atoms with Crippen molar-refractivity contribution in [3.63, 3.8) is 0 Å². The van der Waals surface area contributed by atoms with Crippen molar-refractivity contribution >= 4 is 10.9 Å². The number of ether oxygens (including phenoxy) is 2. The van der Waals surface area contributed by atoms with E-state index in [1.807, 2.05) is 18.2 Å². The topological polar surface area (TPSA) is 37.5 Å². The Hall–Kier alpha value is -3.24. The molecule has 3 heterocycles. The van der Waals surface area contributed by atoms with Gasteiger partial charge in [0.2, 0.25) is 0 Å². The zero-order valence-electron chi connectivity index (χ0n) is 19.4. The summed E-state index contributed by atoms with van der Waals surface area (Å²) in [6, 6.07) is 22.0. The van der Waals surface area contributed by atoms with Crippen molar-refractivity contribution in [2.75, 3.05) is 13.7 Å². The first kappa shape index (κ1) is 20.4. The molecule has 4 heteroatoms. The standard InChI is InChI=1S/C29H30N2O2/c1-3-19-9-10-25-23(13-19)24-15-27-22-16-28(32-2)29(33-18-20-7-5-4-6-8-20)14-21(22)11-12-31(27)17-26(24)30-25/h4-10,13-14,16,27,30H,3,11-12,15,17-18H2,1-2H3. The van der Waals surface area contributed by atoms with Gasteiger partial charge in [0, 0.05) is 35.7 Å². The highest BCUT2D eigenvalue weighted by molar-refractivity contribution is 5.85. The van der Waals surface area contributed by atoms with Crippen LogP contribution in [0.25, 0.3) is 10.9 Å². The number of hydrogen-bond donors (Lipinski definition) is 1. The fraction of sp³-hybridized carbons (Fsp3) is 0.310. The predicted molar refractivity (Wildman–Crippen MR) is 132 cm³/mol. The Labute approximate surface area is 195 Å². The number of methoxy groups -OCH3 is 1. The van der Waals surface area contributed by atoms with Gasteiger partial charge in [0.15, 0.2) is 11.5 Å². The van der Waals surface area contributed by atoms with Gasteiger partial charge in [-0.05, 0) is 71.3 Å². The molecule has 0 amide bonds. The Morgan fingerprint density at radius 2 is 1.88 bits per heavy atom. The molecule has 1 aromatic heterocycles. The number of aromatic amines is 1. The van der Waals surface area contributed by atoms with Crippen molar-refractivity contribution in [2.24, 2.45) is 0 Å². The van der Waals surface area contributed by atoms with E-state index in [-0.39, 0.29) is 0 Å². The van der Waals surface area contributed by atoms with E-state index in [2.05, 4.69) is 59.3 Å². The van der Waals surface area contributed by atoms with E-state index in [1.54, 1.807) is 7.11 Å². The molecular weight excluding hydrogens is 408 g/mol. The molecule has 0 aliphatic carbocycles. The molecule has 0 saturated carbocycles. The number of hydrogen-bond acceptors (Lipinski definition) is 3. The Balaban J connectivity index is 1.34. The van der Waals surface area contributed by atoms with E-state index in [1.165, 1.54) is 38.9 Å². The Morgan fingerprint density at radius 1 is 1.00 bits per heavy atom. The van der Waals surface area contributed by atoms with E-state index in [0.717, 1.165) is 49.4 Å². The molecule has 1 N–H and O–H groups in total. The molecule has 0 spiro atoms. The first-order valence-electron chi connectivity index (χ1n) is 12.0. The number of nitrogens with one attached hydrogen (secondary N) is 1. The number of fused-ring (bicyclic) bond motifs is 6.